The summed E-state index contributed by atoms with van der Waals surface area (Å²) >= 11 is 0. The molecule has 1 fully saturated rings. The van der Waals surface area contributed by atoms with E-state index in [2.05, 4.69) is 15.5 Å². The first-order chi connectivity index (χ1) is 16.2. The van der Waals surface area contributed by atoms with E-state index in [0.717, 1.165) is 39.9 Å². The van der Waals surface area contributed by atoms with Crippen molar-refractivity contribution in [1.82, 2.24) is 20.2 Å². The summed E-state index contributed by atoms with van der Waals surface area (Å²) in [7, 11) is 0. The minimum atomic E-state index is -0.00382. The molecule has 0 radical (unpaired) electrons. The SMILES string of the molecule is CCOc1ccc2nc(-c3cccc(CC(=O)C4CCOC4)c3)nc(Nc3cn[nH]c3)c2c1. The zero-order valence-electron chi connectivity index (χ0n) is 18.4. The lowest BCUT2D eigenvalue weighted by Crippen LogP contribution is -2.16. The van der Waals surface area contributed by atoms with Gasteiger partial charge in [-0.2, -0.15) is 5.10 Å². The Hall–Kier alpha value is -3.78. The maximum absolute atomic E-state index is 12.6. The molecule has 0 spiro atoms. The van der Waals surface area contributed by atoms with Gasteiger partial charge in [-0.25, -0.2) is 9.97 Å². The van der Waals surface area contributed by atoms with Gasteiger partial charge in [-0.3, -0.25) is 9.89 Å². The molecular formula is C25H25N5O3. The molecule has 1 unspecified atom stereocenters. The highest BCUT2D eigenvalue weighted by Crippen LogP contribution is 2.30. The van der Waals surface area contributed by atoms with Gasteiger partial charge in [0.2, 0.25) is 0 Å². The van der Waals surface area contributed by atoms with Crippen LogP contribution in [0.15, 0.2) is 54.9 Å². The average Bonchev–Trinajstić information content (AvgIpc) is 3.54. The number of aromatic nitrogens is 4. The van der Waals surface area contributed by atoms with Crippen LogP contribution in [0.25, 0.3) is 22.3 Å². The number of carbonyl (C=O) groups is 1. The summed E-state index contributed by atoms with van der Waals surface area (Å²) < 4.78 is 11.0. The summed E-state index contributed by atoms with van der Waals surface area (Å²) in [4.78, 5) is 22.2. The molecule has 1 aliphatic heterocycles. The van der Waals surface area contributed by atoms with Gasteiger partial charge in [0.05, 0.1) is 30.6 Å². The fraction of sp³-hybridized carbons (Fsp3) is 0.280. The number of hydrogen-bond acceptors (Lipinski definition) is 7. The molecule has 1 aliphatic rings. The van der Waals surface area contributed by atoms with Crippen LogP contribution in [0.4, 0.5) is 11.5 Å². The van der Waals surface area contributed by atoms with Crippen molar-refractivity contribution in [3.05, 3.63) is 60.4 Å². The Kier molecular flexibility index (Phi) is 5.99. The number of ether oxygens (including phenoxy) is 2. The van der Waals surface area contributed by atoms with Gasteiger partial charge in [0.1, 0.15) is 17.4 Å². The van der Waals surface area contributed by atoms with Crippen LogP contribution < -0.4 is 10.1 Å². The second kappa shape index (κ2) is 9.38. The quantitative estimate of drug-likeness (QED) is 0.418. The molecule has 1 atom stereocenters. The van der Waals surface area contributed by atoms with Crippen LogP contribution in [0.5, 0.6) is 5.75 Å². The fourth-order valence-electron chi connectivity index (χ4n) is 4.00. The normalized spacial score (nSPS) is 15.6. The third-order valence-electron chi connectivity index (χ3n) is 5.69. The fourth-order valence-corrected chi connectivity index (χ4v) is 4.00. The Balaban J connectivity index is 1.51. The predicted octanol–water partition coefficient (Wildman–Crippen LogP) is 4.31. The van der Waals surface area contributed by atoms with Crippen molar-refractivity contribution < 1.29 is 14.3 Å². The van der Waals surface area contributed by atoms with Crippen molar-refractivity contribution in [1.29, 1.82) is 0 Å². The highest BCUT2D eigenvalue weighted by Gasteiger charge is 2.23. The molecule has 4 aromatic rings. The smallest absolute Gasteiger partial charge is 0.162 e. The van der Waals surface area contributed by atoms with Gasteiger partial charge >= 0.3 is 0 Å². The van der Waals surface area contributed by atoms with E-state index in [4.69, 9.17) is 19.4 Å². The molecule has 33 heavy (non-hydrogen) atoms. The molecule has 3 heterocycles. The number of fused-ring (bicyclic) bond motifs is 1. The van der Waals surface area contributed by atoms with Gasteiger partial charge in [-0.15, -0.1) is 0 Å². The first kappa shape index (κ1) is 21.1. The number of nitrogens with zero attached hydrogens (tertiary/aromatic N) is 3. The van der Waals surface area contributed by atoms with E-state index in [1.165, 1.54) is 0 Å². The minimum Gasteiger partial charge on any atom is -0.494 e. The van der Waals surface area contributed by atoms with Crippen molar-refractivity contribution in [2.75, 3.05) is 25.1 Å². The third-order valence-corrected chi connectivity index (χ3v) is 5.69. The van der Waals surface area contributed by atoms with Gasteiger partial charge in [-0.1, -0.05) is 18.2 Å². The van der Waals surface area contributed by atoms with Gasteiger partial charge in [0, 0.05) is 36.1 Å². The zero-order chi connectivity index (χ0) is 22.6. The minimum absolute atomic E-state index is 0.00382. The summed E-state index contributed by atoms with van der Waals surface area (Å²) in [5.41, 5.74) is 3.39. The summed E-state index contributed by atoms with van der Waals surface area (Å²) in [5.74, 6) is 2.21. The van der Waals surface area contributed by atoms with Crippen molar-refractivity contribution in [3.8, 4) is 17.1 Å². The largest absolute Gasteiger partial charge is 0.494 e. The first-order valence-electron chi connectivity index (χ1n) is 11.1. The van der Waals surface area contributed by atoms with Crippen LogP contribution in [0.2, 0.25) is 0 Å². The Morgan fingerprint density at radius 3 is 2.97 bits per heavy atom. The second-order valence-electron chi connectivity index (χ2n) is 8.02. The van der Waals surface area contributed by atoms with Crippen molar-refractivity contribution in [2.24, 2.45) is 5.92 Å². The Morgan fingerprint density at radius 1 is 1.24 bits per heavy atom. The number of rotatable bonds is 8. The highest BCUT2D eigenvalue weighted by molar-refractivity contribution is 5.93. The molecule has 2 aromatic carbocycles. The number of Topliss-reactive ketones (excluding diaryl/α,β-unsaturated/α-hetero) is 1. The van der Waals surface area contributed by atoms with Crippen molar-refractivity contribution in [3.63, 3.8) is 0 Å². The van der Waals surface area contributed by atoms with Crippen LogP contribution in [0.1, 0.15) is 18.9 Å². The third kappa shape index (κ3) is 4.70. The summed E-state index contributed by atoms with van der Waals surface area (Å²) in [6.07, 6.45) is 4.64. The van der Waals surface area contributed by atoms with E-state index >= 15 is 0 Å². The molecule has 0 aliphatic carbocycles. The Bertz CT molecular complexity index is 1270. The summed E-state index contributed by atoms with van der Waals surface area (Å²) in [6.45, 7) is 3.72. The van der Waals surface area contributed by atoms with Crippen molar-refractivity contribution >= 4 is 28.2 Å². The molecule has 8 nitrogen and oxygen atoms in total. The number of anilines is 2. The van der Waals surface area contributed by atoms with E-state index in [1.54, 1.807) is 12.4 Å². The van der Waals surface area contributed by atoms with Crippen LogP contribution in [-0.4, -0.2) is 45.8 Å². The maximum Gasteiger partial charge on any atom is 0.162 e. The van der Waals surface area contributed by atoms with Gasteiger partial charge in [0.25, 0.3) is 0 Å². The number of aromatic amines is 1. The van der Waals surface area contributed by atoms with Gasteiger partial charge in [0.15, 0.2) is 5.82 Å². The monoisotopic (exact) mass is 443 g/mol. The molecule has 1 saturated heterocycles. The lowest BCUT2D eigenvalue weighted by Gasteiger charge is -2.12. The predicted molar refractivity (Wildman–Crippen MR) is 126 cm³/mol. The molecule has 0 amide bonds. The first-order valence-corrected chi connectivity index (χ1v) is 11.1. The lowest BCUT2D eigenvalue weighted by molar-refractivity contribution is -0.122. The van der Waals surface area contributed by atoms with Crippen LogP contribution in [0.3, 0.4) is 0 Å². The summed E-state index contributed by atoms with van der Waals surface area (Å²) in [6, 6.07) is 13.6. The zero-order valence-corrected chi connectivity index (χ0v) is 18.4. The maximum atomic E-state index is 12.6. The number of carbonyl (C=O) groups excluding carboxylic acids is 1. The molecule has 2 aromatic heterocycles. The van der Waals surface area contributed by atoms with E-state index in [0.29, 0.717) is 37.9 Å². The van der Waals surface area contributed by atoms with Gasteiger partial charge in [-0.05, 0) is 43.2 Å². The number of H-pyrrole nitrogens is 1. The number of nitrogens with one attached hydrogen (secondary N) is 2. The van der Waals surface area contributed by atoms with Crippen molar-refractivity contribution in [2.45, 2.75) is 19.8 Å². The topological polar surface area (TPSA) is 102 Å². The molecule has 0 bridgehead atoms. The second-order valence-corrected chi connectivity index (χ2v) is 8.02. The highest BCUT2D eigenvalue weighted by atomic mass is 16.5. The molecule has 2 N–H and O–H groups in total. The average molecular weight is 444 g/mol. The molecule has 8 heteroatoms. The van der Waals surface area contributed by atoms with Crippen LogP contribution >= 0.6 is 0 Å². The standard InChI is InChI=1S/C25H25N5O3/c1-2-33-20-6-7-22-21(12-20)25(28-19-13-26-27-14-19)30-24(29-22)17-5-3-4-16(10-17)11-23(31)18-8-9-32-15-18/h3-7,10,12-14,18H,2,8-9,11,15H2,1H3,(H,26,27)(H,28,29,30). The number of ketones is 1. The van der Waals surface area contributed by atoms with E-state index in [1.807, 2.05) is 49.4 Å². The van der Waals surface area contributed by atoms with Crippen LogP contribution in [0, 0.1) is 5.92 Å². The molecule has 0 saturated carbocycles. The molecular weight excluding hydrogens is 418 g/mol. The van der Waals surface area contributed by atoms with Gasteiger partial charge < -0.3 is 14.8 Å². The number of benzene rings is 2. The molecule has 168 valence electrons. The van der Waals surface area contributed by atoms with E-state index < -0.39 is 0 Å². The Labute approximate surface area is 191 Å². The number of hydrogen-bond donors (Lipinski definition) is 2. The van der Waals surface area contributed by atoms with E-state index in [9.17, 15) is 4.79 Å². The molecule has 5 rings (SSSR count). The van der Waals surface area contributed by atoms with E-state index in [-0.39, 0.29) is 11.7 Å². The van der Waals surface area contributed by atoms with Crippen LogP contribution in [-0.2, 0) is 16.0 Å². The lowest BCUT2D eigenvalue weighted by atomic mass is 9.96. The Morgan fingerprint density at radius 2 is 2.18 bits per heavy atom. The summed E-state index contributed by atoms with van der Waals surface area (Å²) in [5, 5.41) is 11.0.